The van der Waals surface area contributed by atoms with E-state index in [2.05, 4.69) is 77.1 Å². The van der Waals surface area contributed by atoms with Crippen molar-refractivity contribution in [2.45, 2.75) is 64.8 Å². The van der Waals surface area contributed by atoms with E-state index in [4.69, 9.17) is 21.3 Å². The summed E-state index contributed by atoms with van der Waals surface area (Å²) in [6.07, 6.45) is 8.51. The van der Waals surface area contributed by atoms with Gasteiger partial charge in [-0.25, -0.2) is 6.57 Å². The maximum atomic E-state index is 12.6. The number of likely N-dealkylation sites (N-methyl/N-ethyl adjacent to an activating group) is 1. The third-order valence-corrected chi connectivity index (χ3v) is 9.73. The molecule has 0 spiro atoms. The van der Waals surface area contributed by atoms with E-state index in [1.165, 1.54) is 29.9 Å². The molecule has 236 valence electrons. The lowest BCUT2D eigenvalue weighted by Gasteiger charge is -2.41. The average molecular weight is 609 g/mol. The van der Waals surface area contributed by atoms with Gasteiger partial charge in [-0.05, 0) is 64.6 Å². The van der Waals surface area contributed by atoms with Crippen LogP contribution in [-0.2, 0) is 17.8 Å². The van der Waals surface area contributed by atoms with Crippen molar-refractivity contribution in [2.75, 3.05) is 56.1 Å². The molecule has 1 aliphatic carbocycles. The van der Waals surface area contributed by atoms with E-state index in [1.807, 2.05) is 12.4 Å². The van der Waals surface area contributed by atoms with Gasteiger partial charge in [0, 0.05) is 61.3 Å². The Morgan fingerprint density at radius 1 is 1.20 bits per heavy atom. The molecule has 4 heterocycles. The number of aromatic nitrogens is 3. The molecule has 3 atom stereocenters. The van der Waals surface area contributed by atoms with Gasteiger partial charge in [-0.15, -0.1) is 0 Å². The molecule has 10 heteroatoms. The van der Waals surface area contributed by atoms with Crippen LogP contribution in [0.1, 0.15) is 43.5 Å². The number of aryl methyl sites for hydroxylation is 1. The molecule has 6 rings (SSSR count). The van der Waals surface area contributed by atoms with Gasteiger partial charge in [0.05, 0.1) is 24.1 Å². The van der Waals surface area contributed by atoms with E-state index < -0.39 is 0 Å². The molecule has 1 saturated heterocycles. The number of ether oxygens (including phenoxy) is 1. The zero-order chi connectivity index (χ0) is 31.7. The first-order valence-corrected chi connectivity index (χ1v) is 16.1. The smallest absolute Gasteiger partial charge is 0.318 e. The fourth-order valence-electron chi connectivity index (χ4n) is 6.99. The maximum Gasteiger partial charge on any atom is 0.318 e. The quantitative estimate of drug-likeness (QED) is 0.246. The molecule has 1 amide bonds. The Balaban J connectivity index is 1.32. The van der Waals surface area contributed by atoms with E-state index in [0.29, 0.717) is 38.2 Å². The highest BCUT2D eigenvalue weighted by molar-refractivity contribution is 5.96. The minimum Gasteiger partial charge on any atom is -0.459 e. The number of hydrogen-bond donors (Lipinski definition) is 0. The lowest BCUT2D eigenvalue weighted by atomic mass is 10.0. The Morgan fingerprint density at radius 3 is 2.78 bits per heavy atom. The van der Waals surface area contributed by atoms with Crippen molar-refractivity contribution in [2.24, 2.45) is 5.92 Å². The highest BCUT2D eigenvalue weighted by Gasteiger charge is 2.35. The van der Waals surface area contributed by atoms with Crippen LogP contribution in [0, 0.1) is 19.4 Å². The van der Waals surface area contributed by atoms with E-state index in [1.54, 1.807) is 4.90 Å². The summed E-state index contributed by atoms with van der Waals surface area (Å²) in [6.45, 7) is 21.8. The van der Waals surface area contributed by atoms with Gasteiger partial charge in [0.25, 0.3) is 0 Å². The highest BCUT2D eigenvalue weighted by atomic mass is 16.5. The number of pyridine rings is 1. The standard InChI is InChI=1S/C35H44N8O2/c1-7-32(44)43-16-15-42(21-28(43)18-36-5)34-29-13-14-41(31-19-37-17-27-10-8-9-23(2)33(27)31)22-30(29)38-35(39-34)45-24(3)20-40(6)25(4)26-11-12-26/h7-10,17,19,24-26,28H,1,11-16,18,20-22H2,2-4,6H3/t24-,25-,28-/m0/s1. The van der Waals surface area contributed by atoms with Crippen LogP contribution >= 0.6 is 0 Å². The minimum absolute atomic E-state index is 0.0939. The van der Waals surface area contributed by atoms with E-state index in [9.17, 15) is 4.79 Å². The summed E-state index contributed by atoms with van der Waals surface area (Å²) >= 11 is 0. The van der Waals surface area contributed by atoms with E-state index in [0.717, 1.165) is 53.6 Å². The third kappa shape index (κ3) is 6.45. The fraction of sp³-hybridized carbons (Fsp3) is 0.514. The molecule has 2 aromatic heterocycles. The Morgan fingerprint density at radius 2 is 2.02 bits per heavy atom. The molecule has 1 saturated carbocycles. The maximum absolute atomic E-state index is 12.6. The normalized spacial score (nSPS) is 19.6. The minimum atomic E-state index is -0.238. The molecule has 0 bridgehead atoms. The lowest BCUT2D eigenvalue weighted by molar-refractivity contribution is -0.128. The number of carbonyl (C=O) groups is 1. The molecule has 45 heavy (non-hydrogen) atoms. The summed E-state index contributed by atoms with van der Waals surface area (Å²) in [4.78, 5) is 39.6. The number of fused-ring (bicyclic) bond motifs is 2. The number of rotatable bonds is 10. The molecule has 2 aliphatic heterocycles. The molecule has 0 unspecified atom stereocenters. The predicted molar refractivity (Wildman–Crippen MR) is 178 cm³/mol. The highest BCUT2D eigenvalue weighted by Crippen LogP contribution is 2.36. The Kier molecular flexibility index (Phi) is 8.90. The summed E-state index contributed by atoms with van der Waals surface area (Å²) in [5, 5.41) is 2.34. The van der Waals surface area contributed by atoms with Crippen LogP contribution in [0.3, 0.4) is 0 Å². The first-order valence-electron chi connectivity index (χ1n) is 16.1. The van der Waals surface area contributed by atoms with Crippen molar-refractivity contribution < 1.29 is 9.53 Å². The first-order chi connectivity index (χ1) is 21.8. The third-order valence-electron chi connectivity index (χ3n) is 9.73. The number of carbonyl (C=O) groups excluding carboxylic acids is 1. The van der Waals surface area contributed by atoms with Gasteiger partial charge in [0.2, 0.25) is 12.5 Å². The second kappa shape index (κ2) is 13.0. The van der Waals surface area contributed by atoms with Crippen LogP contribution in [0.25, 0.3) is 15.6 Å². The van der Waals surface area contributed by atoms with Crippen molar-refractivity contribution in [1.29, 1.82) is 0 Å². The zero-order valence-corrected chi connectivity index (χ0v) is 26.9. The van der Waals surface area contributed by atoms with Crippen LogP contribution in [0.5, 0.6) is 6.01 Å². The summed E-state index contributed by atoms with van der Waals surface area (Å²) in [6, 6.07) is 7.00. The van der Waals surface area contributed by atoms with Gasteiger partial charge in [-0.2, -0.15) is 9.97 Å². The van der Waals surface area contributed by atoms with Crippen molar-refractivity contribution in [3.05, 3.63) is 71.5 Å². The van der Waals surface area contributed by atoms with Crippen LogP contribution < -0.4 is 14.5 Å². The molecule has 0 N–H and O–H groups in total. The van der Waals surface area contributed by atoms with Crippen molar-refractivity contribution in [1.82, 2.24) is 24.8 Å². The van der Waals surface area contributed by atoms with Gasteiger partial charge in [0.1, 0.15) is 18.0 Å². The molecular weight excluding hydrogens is 564 g/mol. The molecular formula is C35H44N8O2. The number of piperazine rings is 1. The van der Waals surface area contributed by atoms with E-state index in [-0.39, 0.29) is 24.6 Å². The number of nitrogens with zero attached hydrogens (tertiary/aromatic N) is 8. The lowest BCUT2D eigenvalue weighted by Crippen LogP contribution is -2.56. The predicted octanol–water partition coefficient (Wildman–Crippen LogP) is 4.52. The summed E-state index contributed by atoms with van der Waals surface area (Å²) < 4.78 is 6.47. The van der Waals surface area contributed by atoms with Crippen molar-refractivity contribution in [3.8, 4) is 6.01 Å². The molecule has 2 fully saturated rings. The topological polar surface area (TPSA) is 82.3 Å². The molecule has 3 aliphatic rings. The van der Waals surface area contributed by atoms with E-state index >= 15 is 0 Å². The SMILES string of the molecule is [C-]#[N+]C[C@H]1CN(c2nc(O[C@@H](C)CN(C)[C@@H](C)C3CC3)nc3c2CCN(c2cncc4cccc(C)c24)C3)CCN1C(=O)C=C. The Hall–Kier alpha value is -4.23. The van der Waals surface area contributed by atoms with Gasteiger partial charge < -0.3 is 24.3 Å². The Labute approximate surface area is 266 Å². The molecule has 1 aromatic carbocycles. The summed E-state index contributed by atoms with van der Waals surface area (Å²) in [5.74, 6) is 1.50. The molecule has 0 radical (unpaired) electrons. The van der Waals surface area contributed by atoms with Gasteiger partial charge in [0.15, 0.2) is 0 Å². The second-order valence-corrected chi connectivity index (χ2v) is 12.9. The average Bonchev–Trinajstić information content (AvgIpc) is 3.89. The first kappa shape index (κ1) is 30.8. The number of amides is 1. The Bertz CT molecular complexity index is 1610. The van der Waals surface area contributed by atoms with Crippen molar-refractivity contribution >= 4 is 28.2 Å². The van der Waals surface area contributed by atoms with Crippen LogP contribution in [0.4, 0.5) is 11.5 Å². The largest absolute Gasteiger partial charge is 0.459 e. The number of anilines is 2. The summed E-state index contributed by atoms with van der Waals surface area (Å²) in [5.41, 5.74) is 4.39. The second-order valence-electron chi connectivity index (χ2n) is 12.9. The van der Waals surface area contributed by atoms with Gasteiger partial charge >= 0.3 is 6.01 Å². The monoisotopic (exact) mass is 608 g/mol. The van der Waals surface area contributed by atoms with Crippen LogP contribution in [0.2, 0.25) is 0 Å². The van der Waals surface area contributed by atoms with Crippen LogP contribution in [-0.4, -0.2) is 95.2 Å². The molecule has 10 nitrogen and oxygen atoms in total. The fourth-order valence-corrected chi connectivity index (χ4v) is 6.99. The van der Waals surface area contributed by atoms with Gasteiger partial charge in [-0.3, -0.25) is 14.7 Å². The number of hydrogen-bond acceptors (Lipinski definition) is 8. The van der Waals surface area contributed by atoms with Crippen molar-refractivity contribution in [3.63, 3.8) is 0 Å². The van der Waals surface area contributed by atoms with Crippen LogP contribution in [0.15, 0.2) is 43.2 Å². The molecule has 3 aromatic rings. The summed E-state index contributed by atoms with van der Waals surface area (Å²) in [7, 11) is 2.17. The zero-order valence-electron chi connectivity index (χ0n) is 26.9. The van der Waals surface area contributed by atoms with Gasteiger partial charge in [-0.1, -0.05) is 24.8 Å². The number of benzene rings is 1.